The van der Waals surface area contributed by atoms with Crippen LogP contribution in [0.15, 0.2) is 88.3 Å². The number of hydrogen-bond donors (Lipinski definition) is 1. The van der Waals surface area contributed by atoms with E-state index in [2.05, 4.69) is 27.1 Å². The van der Waals surface area contributed by atoms with Gasteiger partial charge in [-0.15, -0.1) is 0 Å². The highest BCUT2D eigenvalue weighted by Crippen LogP contribution is 2.21. The largest absolute Gasteiger partial charge is 0.870 e. The molecule has 0 aliphatic heterocycles. The zero-order chi connectivity index (χ0) is 20.7. The Morgan fingerprint density at radius 3 is 2.42 bits per heavy atom. The number of benzene rings is 3. The molecule has 2 aromatic heterocycles. The van der Waals surface area contributed by atoms with E-state index in [9.17, 15) is 4.79 Å². The number of fused-ring (bicyclic) bond motifs is 3. The van der Waals surface area contributed by atoms with Crippen LogP contribution in [-0.2, 0) is 6.54 Å². The second-order valence-corrected chi connectivity index (χ2v) is 8.06. The summed E-state index contributed by atoms with van der Waals surface area (Å²) in [5.41, 5.74) is 3.28. The third-order valence-electron chi connectivity index (χ3n) is 5.28. The number of nitrogens with one attached hydrogen (secondary N) is 1. The highest BCUT2D eigenvalue weighted by molar-refractivity contribution is 9.10. The van der Waals surface area contributed by atoms with Crippen molar-refractivity contribution >= 4 is 37.7 Å². The van der Waals surface area contributed by atoms with Crippen LogP contribution in [0.2, 0.25) is 0 Å². The highest BCUT2D eigenvalue weighted by atomic mass is 79.9. The molecule has 0 unspecified atom stereocenters. The van der Waals surface area contributed by atoms with Gasteiger partial charge in [0.15, 0.2) is 12.7 Å². The number of halogens is 1. The summed E-state index contributed by atoms with van der Waals surface area (Å²) in [6, 6.07) is 23.7. The smallest absolute Gasteiger partial charge is 0.344 e. The molecular formula is C24H20BrN3O3. The highest BCUT2D eigenvalue weighted by Gasteiger charge is 2.22. The van der Waals surface area contributed by atoms with Crippen molar-refractivity contribution in [2.45, 2.75) is 6.54 Å². The van der Waals surface area contributed by atoms with Gasteiger partial charge in [-0.25, -0.2) is 4.68 Å². The Labute approximate surface area is 186 Å². The van der Waals surface area contributed by atoms with Crippen LogP contribution in [0.5, 0.6) is 5.75 Å². The number of nitrogens with zero attached hydrogens (tertiary/aromatic N) is 2. The quantitative estimate of drug-likeness (QED) is 0.389. The molecule has 2 heterocycles. The van der Waals surface area contributed by atoms with E-state index in [0.29, 0.717) is 12.1 Å². The van der Waals surface area contributed by atoms with Gasteiger partial charge in [0.25, 0.3) is 5.52 Å². The Bertz CT molecular complexity index is 1420. The first kappa shape index (κ1) is 20.8. The molecular weight excluding hydrogens is 458 g/mol. The second-order valence-electron chi connectivity index (χ2n) is 7.14. The number of aromatic nitrogens is 3. The van der Waals surface area contributed by atoms with E-state index in [1.807, 2.05) is 77.5 Å². The minimum atomic E-state index is -0.0772. The van der Waals surface area contributed by atoms with Gasteiger partial charge in [0.2, 0.25) is 0 Å². The van der Waals surface area contributed by atoms with Crippen molar-refractivity contribution < 1.29 is 14.8 Å². The lowest BCUT2D eigenvalue weighted by molar-refractivity contribution is -0.661. The minimum absolute atomic E-state index is 0. The summed E-state index contributed by atoms with van der Waals surface area (Å²) in [4.78, 5) is 13.4. The third kappa shape index (κ3) is 3.73. The first-order valence-corrected chi connectivity index (χ1v) is 10.4. The molecule has 6 nitrogen and oxygen atoms in total. The van der Waals surface area contributed by atoms with Gasteiger partial charge in [-0.05, 0) is 54.6 Å². The standard InChI is InChI=1S/C24H18BrN3O2.H2O/c1-30-20-12-6-16(7-13-20)14-27-15-17-4-2-3-5-21(17)22-23(27)24(29)28(26-22)19-10-8-18(25)9-11-19;/h2-13,15H,14H2,1H3;1H2. The molecule has 0 saturated heterocycles. The molecule has 0 atom stereocenters. The van der Waals surface area contributed by atoms with Gasteiger partial charge >= 0.3 is 5.56 Å². The summed E-state index contributed by atoms with van der Waals surface area (Å²) in [5.74, 6) is 0.812. The topological polar surface area (TPSA) is 80.9 Å². The molecule has 0 amide bonds. The van der Waals surface area contributed by atoms with E-state index in [0.717, 1.165) is 37.8 Å². The lowest BCUT2D eigenvalue weighted by Crippen LogP contribution is -2.38. The molecule has 5 aromatic rings. The van der Waals surface area contributed by atoms with E-state index in [1.54, 1.807) is 11.8 Å². The predicted molar refractivity (Wildman–Crippen MR) is 123 cm³/mol. The SMILES string of the molecule is COc1ccc(C[n+]2cc3ccccc3c3[nH]n(-c4ccc(Br)cc4)c(=O)c32)cc1.[OH-]. The minimum Gasteiger partial charge on any atom is -0.870 e. The molecule has 0 saturated carbocycles. The Hall–Kier alpha value is -3.42. The van der Waals surface area contributed by atoms with Gasteiger partial charge in [-0.2, -0.15) is 4.57 Å². The van der Waals surface area contributed by atoms with Crippen molar-refractivity contribution in [2.75, 3.05) is 7.11 Å². The van der Waals surface area contributed by atoms with E-state index in [1.165, 1.54) is 0 Å². The zero-order valence-electron chi connectivity index (χ0n) is 16.7. The Morgan fingerprint density at radius 1 is 1.00 bits per heavy atom. The van der Waals surface area contributed by atoms with Crippen molar-refractivity contribution in [3.63, 3.8) is 0 Å². The molecule has 0 spiro atoms. The van der Waals surface area contributed by atoms with Crippen LogP contribution in [0.25, 0.3) is 27.5 Å². The van der Waals surface area contributed by atoms with E-state index < -0.39 is 0 Å². The molecule has 0 bridgehead atoms. The maximum absolute atomic E-state index is 13.4. The van der Waals surface area contributed by atoms with Crippen LogP contribution in [0, 0.1) is 0 Å². The average molecular weight is 478 g/mol. The van der Waals surface area contributed by atoms with Crippen LogP contribution in [0.3, 0.4) is 0 Å². The summed E-state index contributed by atoms with van der Waals surface area (Å²) in [6.07, 6.45) is 2.04. The Kier molecular flexibility index (Phi) is 5.63. The summed E-state index contributed by atoms with van der Waals surface area (Å²) in [5, 5.41) is 5.43. The molecule has 5 rings (SSSR count). The summed E-state index contributed by atoms with van der Waals surface area (Å²) in [6.45, 7) is 0.582. The van der Waals surface area contributed by atoms with Crippen molar-refractivity contribution in [3.8, 4) is 11.4 Å². The Balaban J connectivity index is 0.00000231. The summed E-state index contributed by atoms with van der Waals surface area (Å²) < 4.78 is 9.85. The molecule has 0 aliphatic carbocycles. The fourth-order valence-corrected chi connectivity index (χ4v) is 4.04. The predicted octanol–water partition coefficient (Wildman–Crippen LogP) is 4.40. The molecule has 7 heteroatoms. The average Bonchev–Trinajstić information content (AvgIpc) is 3.13. The molecule has 2 N–H and O–H groups in total. The molecule has 156 valence electrons. The van der Waals surface area contributed by atoms with Crippen LogP contribution in [0.1, 0.15) is 5.56 Å². The lowest BCUT2D eigenvalue weighted by atomic mass is 10.1. The van der Waals surface area contributed by atoms with Crippen LogP contribution < -0.4 is 14.9 Å². The molecule has 0 radical (unpaired) electrons. The normalized spacial score (nSPS) is 10.9. The van der Waals surface area contributed by atoms with Gasteiger partial charge in [-0.1, -0.05) is 34.1 Å². The van der Waals surface area contributed by atoms with E-state index in [4.69, 9.17) is 4.74 Å². The van der Waals surface area contributed by atoms with Crippen LogP contribution >= 0.6 is 15.9 Å². The van der Waals surface area contributed by atoms with Crippen molar-refractivity contribution in [3.05, 3.63) is 99.4 Å². The van der Waals surface area contributed by atoms with Gasteiger partial charge in [0.05, 0.1) is 12.8 Å². The number of ether oxygens (including phenoxy) is 1. The molecule has 0 aliphatic rings. The van der Waals surface area contributed by atoms with Gasteiger partial charge in [0, 0.05) is 20.8 Å². The number of H-pyrrole nitrogens is 1. The summed E-state index contributed by atoms with van der Waals surface area (Å²) in [7, 11) is 1.65. The fraction of sp³-hybridized carbons (Fsp3) is 0.0833. The number of pyridine rings is 1. The van der Waals surface area contributed by atoms with Crippen LogP contribution in [-0.4, -0.2) is 22.4 Å². The van der Waals surface area contributed by atoms with Gasteiger partial charge in [0.1, 0.15) is 11.3 Å². The molecule has 3 aromatic carbocycles. The number of rotatable bonds is 4. The van der Waals surface area contributed by atoms with Gasteiger partial charge in [-0.3, -0.25) is 9.89 Å². The van der Waals surface area contributed by atoms with Crippen molar-refractivity contribution in [1.82, 2.24) is 9.78 Å². The third-order valence-corrected chi connectivity index (χ3v) is 5.80. The first-order valence-electron chi connectivity index (χ1n) is 9.59. The van der Waals surface area contributed by atoms with E-state index >= 15 is 0 Å². The maximum atomic E-state index is 13.4. The zero-order valence-corrected chi connectivity index (χ0v) is 18.3. The second kappa shape index (κ2) is 8.37. The molecule has 0 fully saturated rings. The maximum Gasteiger partial charge on any atom is 0.344 e. The van der Waals surface area contributed by atoms with Crippen LogP contribution in [0.4, 0.5) is 0 Å². The number of methoxy groups -OCH3 is 1. The lowest BCUT2D eigenvalue weighted by Gasteiger charge is -2.03. The van der Waals surface area contributed by atoms with Crippen molar-refractivity contribution in [2.24, 2.45) is 0 Å². The first-order chi connectivity index (χ1) is 14.6. The summed E-state index contributed by atoms with van der Waals surface area (Å²) >= 11 is 3.45. The van der Waals surface area contributed by atoms with Gasteiger partial charge < -0.3 is 10.2 Å². The monoisotopic (exact) mass is 477 g/mol. The molecule has 31 heavy (non-hydrogen) atoms. The van der Waals surface area contributed by atoms with Crippen molar-refractivity contribution in [1.29, 1.82) is 0 Å². The van der Waals surface area contributed by atoms with E-state index in [-0.39, 0.29) is 11.0 Å². The Morgan fingerprint density at radius 2 is 1.71 bits per heavy atom. The fourth-order valence-electron chi connectivity index (χ4n) is 3.78. The number of aromatic amines is 1. The number of hydrogen-bond acceptors (Lipinski definition) is 3.